The number of hydrogen-bond donors (Lipinski definition) is 1. The summed E-state index contributed by atoms with van der Waals surface area (Å²) in [6, 6.07) is 3.92. The van der Waals surface area contributed by atoms with Gasteiger partial charge in [-0.2, -0.15) is 4.99 Å². The quantitative estimate of drug-likeness (QED) is 0.792. The van der Waals surface area contributed by atoms with Crippen molar-refractivity contribution in [1.29, 1.82) is 0 Å². The summed E-state index contributed by atoms with van der Waals surface area (Å²) in [5, 5.41) is 10.4. The normalized spacial score (nSPS) is 17.0. The van der Waals surface area contributed by atoms with Gasteiger partial charge in [-0.3, -0.25) is 4.79 Å². The van der Waals surface area contributed by atoms with Crippen LogP contribution in [0.3, 0.4) is 0 Å². The van der Waals surface area contributed by atoms with Gasteiger partial charge in [0.25, 0.3) is 5.91 Å². The molecule has 0 aliphatic carbocycles. The van der Waals surface area contributed by atoms with Gasteiger partial charge >= 0.3 is 0 Å². The van der Waals surface area contributed by atoms with E-state index in [4.69, 9.17) is 0 Å². The summed E-state index contributed by atoms with van der Waals surface area (Å²) in [5.74, 6) is 0.639. The molecule has 5 heteroatoms. The Balaban J connectivity index is 2.46. The van der Waals surface area contributed by atoms with Crippen molar-refractivity contribution in [1.82, 2.24) is 0 Å². The summed E-state index contributed by atoms with van der Waals surface area (Å²) in [6.45, 7) is 8.22. The van der Waals surface area contributed by atoms with Gasteiger partial charge in [0.1, 0.15) is 10.1 Å². The molecule has 0 atom stereocenters. The molecule has 0 aromatic heterocycles. The molecule has 1 aliphatic heterocycles. The van der Waals surface area contributed by atoms with Crippen molar-refractivity contribution in [2.24, 2.45) is 4.99 Å². The van der Waals surface area contributed by atoms with E-state index in [-0.39, 0.29) is 17.7 Å². The van der Waals surface area contributed by atoms with Crippen molar-refractivity contribution in [3.8, 4) is 5.75 Å². The van der Waals surface area contributed by atoms with E-state index in [1.54, 1.807) is 0 Å². The van der Waals surface area contributed by atoms with Crippen molar-refractivity contribution in [3.63, 3.8) is 0 Å². The fourth-order valence-electron chi connectivity index (χ4n) is 2.30. The predicted molar refractivity (Wildman–Crippen MR) is 97.8 cm³/mol. The molecule has 0 radical (unpaired) electrons. The monoisotopic (exact) mass is 335 g/mol. The van der Waals surface area contributed by atoms with Gasteiger partial charge in [0.05, 0.1) is 4.91 Å². The van der Waals surface area contributed by atoms with Crippen LogP contribution in [-0.4, -0.2) is 21.6 Å². The first-order chi connectivity index (χ1) is 10.3. The summed E-state index contributed by atoms with van der Waals surface area (Å²) < 4.78 is 0.781. The molecule has 0 fully saturated rings. The Hall–Kier alpha value is -1.20. The van der Waals surface area contributed by atoms with E-state index in [1.165, 1.54) is 23.5 Å². The minimum atomic E-state index is -0.181. The van der Waals surface area contributed by atoms with Crippen molar-refractivity contribution < 1.29 is 9.90 Å². The smallest absolute Gasteiger partial charge is 0.285 e. The molecule has 0 saturated heterocycles. The Morgan fingerprint density at radius 1 is 1.18 bits per heavy atom. The average Bonchev–Trinajstić information content (AvgIpc) is 2.80. The van der Waals surface area contributed by atoms with Crippen LogP contribution < -0.4 is 0 Å². The number of hydrogen-bond acceptors (Lipinski definition) is 4. The van der Waals surface area contributed by atoms with Crippen LogP contribution in [0.1, 0.15) is 56.2 Å². The van der Waals surface area contributed by atoms with Gasteiger partial charge < -0.3 is 5.11 Å². The van der Waals surface area contributed by atoms with Gasteiger partial charge in [-0.15, -0.1) is 11.8 Å². The first-order valence-corrected chi connectivity index (χ1v) is 9.31. The van der Waals surface area contributed by atoms with E-state index in [0.717, 1.165) is 21.1 Å². The van der Waals surface area contributed by atoms with Gasteiger partial charge in [0.2, 0.25) is 0 Å². The molecule has 1 aromatic rings. The van der Waals surface area contributed by atoms with Crippen LogP contribution in [0.25, 0.3) is 6.08 Å². The molecule has 0 saturated carbocycles. The minimum Gasteiger partial charge on any atom is -0.507 e. The summed E-state index contributed by atoms with van der Waals surface area (Å²) in [5.41, 5.74) is 2.78. The van der Waals surface area contributed by atoms with Crippen LogP contribution in [0.15, 0.2) is 22.0 Å². The third-order valence-electron chi connectivity index (χ3n) is 3.51. The summed E-state index contributed by atoms with van der Waals surface area (Å²) in [6.07, 6.45) is 3.78. The first-order valence-electron chi connectivity index (χ1n) is 7.26. The number of phenols is 1. The molecule has 3 nitrogen and oxygen atoms in total. The van der Waals surface area contributed by atoms with Crippen LogP contribution >= 0.6 is 23.5 Å². The number of nitrogens with zero attached hydrogens (tertiary/aromatic N) is 1. The third-order valence-corrected chi connectivity index (χ3v) is 5.48. The van der Waals surface area contributed by atoms with Gasteiger partial charge in [-0.1, -0.05) is 39.5 Å². The second-order valence-corrected chi connectivity index (χ2v) is 7.94. The maximum atomic E-state index is 11.9. The van der Waals surface area contributed by atoms with Gasteiger partial charge in [0.15, 0.2) is 0 Å². The molecule has 22 heavy (non-hydrogen) atoms. The second-order valence-electron chi connectivity index (χ2n) is 5.86. The molecule has 118 valence electrons. The number of carbonyl (C=O) groups excluding carboxylic acids is 1. The lowest BCUT2D eigenvalue weighted by molar-refractivity contribution is -0.113. The lowest BCUT2D eigenvalue weighted by Gasteiger charge is -2.16. The highest BCUT2D eigenvalue weighted by molar-refractivity contribution is 8.40. The first kappa shape index (κ1) is 17.2. The number of rotatable bonds is 3. The van der Waals surface area contributed by atoms with Gasteiger partial charge in [-0.25, -0.2) is 0 Å². The van der Waals surface area contributed by atoms with Crippen LogP contribution in [0, 0.1) is 0 Å². The molecule has 0 bridgehead atoms. The number of amides is 1. The zero-order valence-corrected chi connectivity index (χ0v) is 15.1. The van der Waals surface area contributed by atoms with Crippen molar-refractivity contribution in [2.75, 3.05) is 6.26 Å². The Bertz CT molecular complexity index is 632. The Morgan fingerprint density at radius 2 is 1.73 bits per heavy atom. The zero-order valence-electron chi connectivity index (χ0n) is 13.5. The molecule has 0 spiro atoms. The van der Waals surface area contributed by atoms with E-state index >= 15 is 0 Å². The average molecular weight is 335 g/mol. The lowest BCUT2D eigenvalue weighted by atomic mass is 9.91. The Morgan fingerprint density at radius 3 is 2.14 bits per heavy atom. The summed E-state index contributed by atoms with van der Waals surface area (Å²) in [7, 11) is 0. The Kier molecular flexibility index (Phi) is 5.40. The molecule has 0 unspecified atom stereocenters. The van der Waals surface area contributed by atoms with Crippen LogP contribution in [0.2, 0.25) is 0 Å². The topological polar surface area (TPSA) is 49.7 Å². The highest BCUT2D eigenvalue weighted by Crippen LogP contribution is 2.37. The van der Waals surface area contributed by atoms with E-state index in [1.807, 2.05) is 24.5 Å². The van der Waals surface area contributed by atoms with Gasteiger partial charge in [-0.05, 0) is 53.0 Å². The molecule has 1 amide bonds. The van der Waals surface area contributed by atoms with E-state index in [0.29, 0.717) is 10.7 Å². The molecule has 1 heterocycles. The largest absolute Gasteiger partial charge is 0.507 e. The number of phenolic OH excluding ortho intramolecular Hbond substituents is 1. The fraction of sp³-hybridized carbons (Fsp3) is 0.412. The summed E-state index contributed by atoms with van der Waals surface area (Å²) >= 11 is 2.89. The van der Waals surface area contributed by atoms with E-state index in [9.17, 15) is 9.90 Å². The number of thioether (sulfide) groups is 2. The Labute approximate surface area is 140 Å². The second kappa shape index (κ2) is 6.92. The third kappa shape index (κ3) is 3.58. The zero-order chi connectivity index (χ0) is 16.4. The standard InChI is InChI=1S/C17H21NO2S2/c1-9(2)12-6-11(7-13(10(3)4)15(12)19)8-14-16(20)18-17(21-5)22-14/h6-10,19H,1-5H3/b14-8-. The maximum absolute atomic E-state index is 11.9. The van der Waals surface area contributed by atoms with Crippen molar-refractivity contribution in [3.05, 3.63) is 33.7 Å². The SMILES string of the molecule is CSC1=NC(=O)/C(=C/c2cc(C(C)C)c(O)c(C(C)C)c2)S1. The molecule has 1 N–H and O–H groups in total. The molecule has 2 rings (SSSR count). The number of carbonyl (C=O) groups is 1. The molecular weight excluding hydrogens is 314 g/mol. The fourth-order valence-corrected chi connectivity index (χ4v) is 3.72. The van der Waals surface area contributed by atoms with Crippen molar-refractivity contribution >= 4 is 39.9 Å². The van der Waals surface area contributed by atoms with E-state index < -0.39 is 0 Å². The van der Waals surface area contributed by atoms with Crippen LogP contribution in [0.5, 0.6) is 5.75 Å². The molecular formula is C17H21NO2S2. The molecule has 1 aromatic carbocycles. The number of aliphatic imine (C=N–C) groups is 1. The number of aromatic hydroxyl groups is 1. The maximum Gasteiger partial charge on any atom is 0.285 e. The minimum absolute atomic E-state index is 0.181. The predicted octanol–water partition coefficient (Wildman–Crippen LogP) is 4.97. The highest BCUT2D eigenvalue weighted by Gasteiger charge is 2.22. The van der Waals surface area contributed by atoms with Crippen molar-refractivity contribution in [2.45, 2.75) is 39.5 Å². The molecule has 1 aliphatic rings. The number of benzene rings is 1. The lowest BCUT2D eigenvalue weighted by Crippen LogP contribution is -1.97. The summed E-state index contributed by atoms with van der Waals surface area (Å²) in [4.78, 5) is 16.6. The highest BCUT2D eigenvalue weighted by atomic mass is 32.2. The van der Waals surface area contributed by atoms with Crippen LogP contribution in [-0.2, 0) is 4.79 Å². The van der Waals surface area contributed by atoms with Gasteiger partial charge in [0, 0.05) is 0 Å². The van der Waals surface area contributed by atoms with Crippen LogP contribution in [0.4, 0.5) is 0 Å². The van der Waals surface area contributed by atoms with E-state index in [2.05, 4.69) is 32.7 Å².